The molecule has 0 bridgehead atoms. The van der Waals surface area contributed by atoms with Gasteiger partial charge in [0.1, 0.15) is 6.04 Å². The zero-order valence-corrected chi connectivity index (χ0v) is 17.2. The van der Waals surface area contributed by atoms with Crippen LogP contribution in [0.25, 0.3) is 0 Å². The van der Waals surface area contributed by atoms with E-state index in [1.807, 2.05) is 11.2 Å². The van der Waals surface area contributed by atoms with E-state index in [9.17, 15) is 14.4 Å². The highest BCUT2D eigenvalue weighted by atomic mass is 32.2. The van der Waals surface area contributed by atoms with E-state index < -0.39 is 6.04 Å². The van der Waals surface area contributed by atoms with E-state index in [-0.39, 0.29) is 23.8 Å². The van der Waals surface area contributed by atoms with Gasteiger partial charge in [-0.2, -0.15) is 11.8 Å². The molecule has 1 saturated heterocycles. The number of rotatable bonds is 5. The van der Waals surface area contributed by atoms with Crippen LogP contribution in [0.4, 0.5) is 0 Å². The number of fused-ring (bicyclic) bond motifs is 2. The Morgan fingerprint density at radius 1 is 1.07 bits per heavy atom. The zero-order chi connectivity index (χ0) is 19.7. The molecule has 6 heteroatoms. The van der Waals surface area contributed by atoms with E-state index in [0.29, 0.717) is 23.5 Å². The van der Waals surface area contributed by atoms with Gasteiger partial charge >= 0.3 is 0 Å². The van der Waals surface area contributed by atoms with Gasteiger partial charge in [-0.25, -0.2) is 0 Å². The van der Waals surface area contributed by atoms with E-state index in [0.717, 1.165) is 31.6 Å². The first-order chi connectivity index (χ1) is 13.6. The Bertz CT molecular complexity index is 744. The van der Waals surface area contributed by atoms with Gasteiger partial charge in [0.15, 0.2) is 0 Å². The summed E-state index contributed by atoms with van der Waals surface area (Å²) in [5, 5.41) is 0. The molecule has 150 valence electrons. The molecule has 5 nitrogen and oxygen atoms in total. The molecule has 3 aliphatic rings. The van der Waals surface area contributed by atoms with Crippen molar-refractivity contribution in [1.82, 2.24) is 9.80 Å². The Morgan fingerprint density at radius 2 is 1.71 bits per heavy atom. The Morgan fingerprint density at radius 3 is 2.39 bits per heavy atom. The summed E-state index contributed by atoms with van der Waals surface area (Å²) in [5.74, 6) is 0.649. The summed E-state index contributed by atoms with van der Waals surface area (Å²) in [7, 11) is 0. The molecule has 2 aliphatic heterocycles. The highest BCUT2D eigenvalue weighted by Gasteiger charge is 2.46. The number of thioether (sulfide) groups is 1. The molecule has 1 aliphatic carbocycles. The monoisotopic (exact) mass is 400 g/mol. The minimum atomic E-state index is -0.694. The average Bonchev–Trinajstić information content (AvgIpc) is 2.99. The smallest absolute Gasteiger partial charge is 0.262 e. The molecular weight excluding hydrogens is 372 g/mol. The minimum Gasteiger partial charge on any atom is -0.338 e. The van der Waals surface area contributed by atoms with Crippen molar-refractivity contribution in [3.8, 4) is 0 Å². The van der Waals surface area contributed by atoms with Crippen molar-refractivity contribution >= 4 is 29.5 Å². The van der Waals surface area contributed by atoms with E-state index in [4.69, 9.17) is 0 Å². The summed E-state index contributed by atoms with van der Waals surface area (Å²) in [4.78, 5) is 42.9. The number of nitrogens with zero attached hydrogens (tertiary/aromatic N) is 2. The standard InChI is InChI=1S/C22H28N2O3S/c1-28-14-12-19(24-20(25)16-9-3-4-10-17(16)21(24)26)22(27)23-13-6-8-15-7-2-5-11-18(15)23/h3-4,9-10,15,18-19H,2,5-8,11-14H2,1H3/t15-,18+,19+/m0/s1. The first-order valence-electron chi connectivity index (χ1n) is 10.4. The van der Waals surface area contributed by atoms with Crippen LogP contribution in [0.2, 0.25) is 0 Å². The summed E-state index contributed by atoms with van der Waals surface area (Å²) < 4.78 is 0. The molecule has 0 spiro atoms. The second-order valence-corrected chi connectivity index (χ2v) is 9.09. The topological polar surface area (TPSA) is 57.7 Å². The van der Waals surface area contributed by atoms with Gasteiger partial charge < -0.3 is 4.90 Å². The maximum atomic E-state index is 13.7. The number of carbonyl (C=O) groups excluding carboxylic acids is 3. The van der Waals surface area contributed by atoms with Gasteiger partial charge in [-0.3, -0.25) is 19.3 Å². The van der Waals surface area contributed by atoms with Crippen LogP contribution >= 0.6 is 11.8 Å². The lowest BCUT2D eigenvalue weighted by atomic mass is 9.78. The number of hydrogen-bond donors (Lipinski definition) is 0. The predicted molar refractivity (Wildman–Crippen MR) is 110 cm³/mol. The molecule has 4 rings (SSSR count). The first-order valence-corrected chi connectivity index (χ1v) is 11.8. The fourth-order valence-corrected chi connectivity index (χ4v) is 5.63. The molecule has 1 aromatic carbocycles. The number of carbonyl (C=O) groups is 3. The molecule has 1 saturated carbocycles. The van der Waals surface area contributed by atoms with Crippen molar-refractivity contribution in [2.45, 2.75) is 57.0 Å². The lowest BCUT2D eigenvalue weighted by Gasteiger charge is -2.45. The average molecular weight is 401 g/mol. The molecule has 28 heavy (non-hydrogen) atoms. The van der Waals surface area contributed by atoms with Crippen LogP contribution in [0.5, 0.6) is 0 Å². The van der Waals surface area contributed by atoms with Gasteiger partial charge in [0.05, 0.1) is 11.1 Å². The van der Waals surface area contributed by atoms with Gasteiger partial charge in [0.25, 0.3) is 11.8 Å². The molecule has 3 amide bonds. The lowest BCUT2D eigenvalue weighted by Crippen LogP contribution is -2.57. The van der Waals surface area contributed by atoms with E-state index in [1.54, 1.807) is 36.0 Å². The quantitative estimate of drug-likeness (QED) is 0.709. The fraction of sp³-hybridized carbons (Fsp3) is 0.591. The molecule has 2 fully saturated rings. The van der Waals surface area contributed by atoms with Crippen molar-refractivity contribution < 1.29 is 14.4 Å². The summed E-state index contributed by atoms with van der Waals surface area (Å²) in [6, 6.07) is 6.49. The number of amides is 3. The van der Waals surface area contributed by atoms with Gasteiger partial charge in [-0.05, 0) is 62.2 Å². The molecule has 0 N–H and O–H groups in total. The third-order valence-corrected chi connectivity index (χ3v) is 7.19. The van der Waals surface area contributed by atoms with Gasteiger partial charge in [-0.1, -0.05) is 25.0 Å². The van der Waals surface area contributed by atoms with Crippen molar-refractivity contribution in [3.63, 3.8) is 0 Å². The van der Waals surface area contributed by atoms with Crippen LogP contribution in [-0.2, 0) is 4.79 Å². The molecule has 3 atom stereocenters. The first kappa shape index (κ1) is 19.5. The molecule has 0 radical (unpaired) electrons. The van der Waals surface area contributed by atoms with Crippen LogP contribution in [0, 0.1) is 5.92 Å². The summed E-state index contributed by atoms with van der Waals surface area (Å²) in [6.45, 7) is 0.749. The molecule has 0 unspecified atom stereocenters. The number of imide groups is 1. The van der Waals surface area contributed by atoms with Gasteiger partial charge in [0, 0.05) is 12.6 Å². The second-order valence-electron chi connectivity index (χ2n) is 8.11. The Balaban J connectivity index is 1.62. The van der Waals surface area contributed by atoms with Crippen LogP contribution in [0.3, 0.4) is 0 Å². The molecular formula is C22H28N2O3S. The SMILES string of the molecule is CSCC[C@H](C(=O)N1CCC[C@@H]2CCCC[C@H]21)N1C(=O)c2ccccc2C1=O. The number of piperidine rings is 1. The van der Waals surface area contributed by atoms with Gasteiger partial charge in [-0.15, -0.1) is 0 Å². The van der Waals surface area contributed by atoms with Crippen molar-refractivity contribution in [3.05, 3.63) is 35.4 Å². The van der Waals surface area contributed by atoms with Crippen LogP contribution in [0.15, 0.2) is 24.3 Å². The number of likely N-dealkylation sites (tertiary alicyclic amines) is 1. The number of hydrogen-bond acceptors (Lipinski definition) is 4. The minimum absolute atomic E-state index is 0.0276. The maximum Gasteiger partial charge on any atom is 0.262 e. The molecule has 1 aromatic rings. The Labute approximate surface area is 170 Å². The van der Waals surface area contributed by atoms with Crippen molar-refractivity contribution in [2.24, 2.45) is 5.92 Å². The predicted octanol–water partition coefficient (Wildman–Crippen LogP) is 3.59. The largest absolute Gasteiger partial charge is 0.338 e. The van der Waals surface area contributed by atoms with Crippen molar-refractivity contribution in [1.29, 1.82) is 0 Å². The second kappa shape index (κ2) is 8.27. The zero-order valence-electron chi connectivity index (χ0n) is 16.4. The van der Waals surface area contributed by atoms with Crippen LogP contribution in [-0.4, -0.2) is 58.2 Å². The third-order valence-electron chi connectivity index (χ3n) is 6.54. The lowest BCUT2D eigenvalue weighted by molar-refractivity contribution is -0.142. The summed E-state index contributed by atoms with van der Waals surface area (Å²) in [5.41, 5.74) is 0.840. The number of benzene rings is 1. The Hall–Kier alpha value is -1.82. The molecule has 2 heterocycles. The third kappa shape index (κ3) is 3.36. The Kier molecular flexibility index (Phi) is 5.76. The van der Waals surface area contributed by atoms with Crippen molar-refractivity contribution in [2.75, 3.05) is 18.6 Å². The highest BCUT2D eigenvalue weighted by molar-refractivity contribution is 7.98. The van der Waals surface area contributed by atoms with Crippen LogP contribution in [0.1, 0.15) is 65.7 Å². The van der Waals surface area contributed by atoms with Crippen LogP contribution < -0.4 is 0 Å². The molecule has 0 aromatic heterocycles. The van der Waals surface area contributed by atoms with E-state index in [1.165, 1.54) is 24.2 Å². The maximum absolute atomic E-state index is 13.7. The fourth-order valence-electron chi connectivity index (χ4n) is 5.17. The van der Waals surface area contributed by atoms with E-state index in [2.05, 4.69) is 0 Å². The van der Waals surface area contributed by atoms with Gasteiger partial charge in [0.2, 0.25) is 5.91 Å². The summed E-state index contributed by atoms with van der Waals surface area (Å²) >= 11 is 1.64. The normalized spacial score (nSPS) is 25.5. The summed E-state index contributed by atoms with van der Waals surface area (Å²) in [6.07, 6.45) is 9.36. The highest BCUT2D eigenvalue weighted by Crippen LogP contribution is 2.36. The van der Waals surface area contributed by atoms with E-state index >= 15 is 0 Å².